The van der Waals surface area contributed by atoms with Gasteiger partial charge in [0.2, 0.25) is 5.91 Å². The van der Waals surface area contributed by atoms with Gasteiger partial charge in [-0.1, -0.05) is 13.8 Å². The summed E-state index contributed by atoms with van der Waals surface area (Å²) in [5.41, 5.74) is 10.8. The van der Waals surface area contributed by atoms with Crippen LogP contribution in [0.25, 0.3) is 0 Å². The summed E-state index contributed by atoms with van der Waals surface area (Å²) in [5, 5.41) is 2.86. The minimum Gasteiger partial charge on any atom is -0.366 e. The van der Waals surface area contributed by atoms with E-state index in [0.29, 0.717) is 6.54 Å². The first-order chi connectivity index (χ1) is 8.80. The second-order valence-electron chi connectivity index (χ2n) is 5.03. The van der Waals surface area contributed by atoms with Gasteiger partial charge in [0.05, 0.1) is 11.1 Å². The minimum absolute atomic E-state index is 0. The van der Waals surface area contributed by atoms with E-state index in [4.69, 9.17) is 11.5 Å². The van der Waals surface area contributed by atoms with Crippen molar-refractivity contribution in [3.63, 3.8) is 0 Å². The van der Waals surface area contributed by atoms with Gasteiger partial charge in [-0.3, -0.25) is 14.6 Å². The van der Waals surface area contributed by atoms with Crippen LogP contribution in [0.15, 0.2) is 18.3 Å². The molecule has 1 aromatic heterocycles. The van der Waals surface area contributed by atoms with Crippen molar-refractivity contribution in [3.8, 4) is 0 Å². The molecule has 1 unspecified atom stereocenters. The number of nitrogens with zero attached hydrogens (tertiary/aromatic N) is 1. The highest BCUT2D eigenvalue weighted by molar-refractivity contribution is 5.95. The zero-order valence-electron chi connectivity index (χ0n) is 11.8. The Morgan fingerprint density at radius 2 is 2.00 bits per heavy atom. The predicted octanol–water partition coefficient (Wildman–Crippen LogP) is 0.706. The molecule has 1 rings (SSSR count). The van der Waals surface area contributed by atoms with E-state index in [1.807, 2.05) is 20.8 Å². The van der Waals surface area contributed by atoms with Gasteiger partial charge in [-0.2, -0.15) is 0 Å². The van der Waals surface area contributed by atoms with E-state index in [-0.39, 0.29) is 35.5 Å². The lowest BCUT2D eigenvalue weighted by atomic mass is 9.88. The van der Waals surface area contributed by atoms with Crippen LogP contribution in [-0.2, 0) is 0 Å². The Hall–Kier alpha value is -1.66. The Labute approximate surface area is 124 Å². The van der Waals surface area contributed by atoms with E-state index >= 15 is 0 Å². The highest BCUT2D eigenvalue weighted by Gasteiger charge is 2.29. The molecule has 0 aliphatic rings. The van der Waals surface area contributed by atoms with Crippen molar-refractivity contribution in [2.45, 2.75) is 26.3 Å². The van der Waals surface area contributed by atoms with Gasteiger partial charge >= 0.3 is 0 Å². The summed E-state index contributed by atoms with van der Waals surface area (Å²) in [7, 11) is 0. The first-order valence-electron chi connectivity index (χ1n) is 6.08. The molecule has 1 atom stereocenters. The maximum atomic E-state index is 12.1. The fourth-order valence-corrected chi connectivity index (χ4v) is 1.43. The predicted molar refractivity (Wildman–Crippen MR) is 79.8 cm³/mol. The number of hydrogen-bond acceptors (Lipinski definition) is 4. The Kier molecular flexibility index (Phi) is 6.61. The van der Waals surface area contributed by atoms with E-state index < -0.39 is 11.4 Å². The lowest BCUT2D eigenvalue weighted by Crippen LogP contribution is -2.55. The molecule has 0 spiro atoms. The number of aromatic nitrogens is 1. The number of amides is 2. The molecule has 0 radical (unpaired) electrons. The smallest absolute Gasteiger partial charge is 0.270 e. The van der Waals surface area contributed by atoms with Crippen molar-refractivity contribution < 1.29 is 9.59 Å². The maximum absolute atomic E-state index is 12.1. The fraction of sp³-hybridized carbons (Fsp3) is 0.462. The quantitative estimate of drug-likeness (QED) is 0.743. The number of primary amides is 1. The monoisotopic (exact) mass is 300 g/mol. The van der Waals surface area contributed by atoms with Crippen LogP contribution in [0.4, 0.5) is 0 Å². The lowest BCUT2D eigenvalue weighted by Gasteiger charge is -2.33. The molecule has 1 aromatic rings. The molecule has 6 nitrogen and oxygen atoms in total. The summed E-state index contributed by atoms with van der Waals surface area (Å²) in [6.45, 7) is 6.18. The van der Waals surface area contributed by atoms with Crippen molar-refractivity contribution in [3.05, 3.63) is 29.6 Å². The highest BCUT2D eigenvalue weighted by atomic mass is 35.5. The van der Waals surface area contributed by atoms with Crippen molar-refractivity contribution in [2.75, 3.05) is 6.54 Å². The van der Waals surface area contributed by atoms with Crippen molar-refractivity contribution >= 4 is 24.2 Å². The van der Waals surface area contributed by atoms with E-state index in [2.05, 4.69) is 10.3 Å². The van der Waals surface area contributed by atoms with E-state index in [1.165, 1.54) is 18.3 Å². The largest absolute Gasteiger partial charge is 0.366 e. The molecule has 0 aromatic carbocycles. The van der Waals surface area contributed by atoms with Gasteiger partial charge in [-0.25, -0.2) is 0 Å². The third kappa shape index (κ3) is 4.18. The molecule has 0 saturated carbocycles. The van der Waals surface area contributed by atoms with Gasteiger partial charge in [-0.15, -0.1) is 12.4 Å². The molecule has 1 heterocycles. The molecule has 0 fully saturated rings. The Bertz CT molecular complexity index is 476. The number of hydrogen-bond donors (Lipinski definition) is 3. The number of rotatable bonds is 5. The van der Waals surface area contributed by atoms with Crippen LogP contribution in [-0.4, -0.2) is 28.9 Å². The topological polar surface area (TPSA) is 111 Å². The zero-order valence-corrected chi connectivity index (χ0v) is 12.7. The third-order valence-corrected chi connectivity index (χ3v) is 3.38. The molecule has 0 bridgehead atoms. The van der Waals surface area contributed by atoms with Gasteiger partial charge in [0.25, 0.3) is 5.91 Å². The molecule has 0 aliphatic heterocycles. The van der Waals surface area contributed by atoms with Crippen LogP contribution in [0.1, 0.15) is 41.6 Å². The van der Waals surface area contributed by atoms with Gasteiger partial charge in [0.15, 0.2) is 0 Å². The third-order valence-electron chi connectivity index (χ3n) is 3.38. The van der Waals surface area contributed by atoms with Crippen molar-refractivity contribution in [1.29, 1.82) is 0 Å². The second-order valence-corrected chi connectivity index (χ2v) is 5.03. The number of nitrogens with one attached hydrogen (secondary N) is 1. The van der Waals surface area contributed by atoms with Crippen LogP contribution in [0.3, 0.4) is 0 Å². The molecular formula is C13H21ClN4O2. The van der Waals surface area contributed by atoms with Gasteiger partial charge in [0.1, 0.15) is 5.69 Å². The van der Waals surface area contributed by atoms with Crippen LogP contribution in [0.5, 0.6) is 0 Å². The minimum atomic E-state index is -0.576. The van der Waals surface area contributed by atoms with Gasteiger partial charge < -0.3 is 16.8 Å². The summed E-state index contributed by atoms with van der Waals surface area (Å²) in [6, 6.07) is 2.94. The Morgan fingerprint density at radius 3 is 2.35 bits per heavy atom. The summed E-state index contributed by atoms with van der Waals surface area (Å²) >= 11 is 0. The maximum Gasteiger partial charge on any atom is 0.270 e. The summed E-state index contributed by atoms with van der Waals surface area (Å²) in [4.78, 5) is 26.9. The number of carbonyl (C=O) groups excluding carboxylic acids is 2. The summed E-state index contributed by atoms with van der Waals surface area (Å²) < 4.78 is 0. The average Bonchev–Trinajstić information content (AvgIpc) is 2.38. The van der Waals surface area contributed by atoms with Crippen molar-refractivity contribution in [1.82, 2.24) is 10.3 Å². The Balaban J connectivity index is 0.00000361. The lowest BCUT2D eigenvalue weighted by molar-refractivity contribution is 0.0876. The Morgan fingerprint density at radius 1 is 1.40 bits per heavy atom. The molecule has 2 amide bonds. The number of nitrogens with two attached hydrogens (primary N) is 2. The molecule has 0 aliphatic carbocycles. The molecule has 0 saturated heterocycles. The van der Waals surface area contributed by atoms with Gasteiger partial charge in [0, 0.05) is 12.7 Å². The van der Waals surface area contributed by atoms with E-state index in [9.17, 15) is 9.59 Å². The van der Waals surface area contributed by atoms with Crippen LogP contribution < -0.4 is 16.8 Å². The molecule has 112 valence electrons. The standard InChI is InChI=1S/C13H20N4O2.ClH/c1-8(2)13(3,7-14)17-12(19)10-5-4-9(6-16-10)11(15)18;/h4-6,8H,7,14H2,1-3H3,(H2,15,18)(H,17,19);1H. The van der Waals surface area contributed by atoms with Gasteiger partial charge in [-0.05, 0) is 25.0 Å². The number of halogens is 1. The number of pyridine rings is 1. The normalized spacial score (nSPS) is 13.2. The van der Waals surface area contributed by atoms with Crippen LogP contribution in [0.2, 0.25) is 0 Å². The fourth-order valence-electron chi connectivity index (χ4n) is 1.43. The first kappa shape index (κ1) is 18.3. The average molecular weight is 301 g/mol. The molecular weight excluding hydrogens is 280 g/mol. The van der Waals surface area contributed by atoms with E-state index in [0.717, 1.165) is 0 Å². The highest BCUT2D eigenvalue weighted by Crippen LogP contribution is 2.15. The second kappa shape index (κ2) is 7.21. The molecule has 7 heteroatoms. The van der Waals surface area contributed by atoms with Crippen LogP contribution >= 0.6 is 12.4 Å². The molecule has 5 N–H and O–H groups in total. The molecule has 20 heavy (non-hydrogen) atoms. The number of carbonyl (C=O) groups is 2. The summed E-state index contributed by atoms with van der Waals surface area (Å²) in [6.07, 6.45) is 1.28. The first-order valence-corrected chi connectivity index (χ1v) is 6.08. The van der Waals surface area contributed by atoms with Crippen LogP contribution in [0, 0.1) is 5.92 Å². The van der Waals surface area contributed by atoms with E-state index in [1.54, 1.807) is 0 Å². The van der Waals surface area contributed by atoms with Crippen molar-refractivity contribution in [2.24, 2.45) is 17.4 Å². The SMILES string of the molecule is CC(C)C(C)(CN)NC(=O)c1ccc(C(N)=O)cn1.Cl. The summed E-state index contributed by atoms with van der Waals surface area (Å²) in [5.74, 6) is -0.711. The zero-order chi connectivity index (χ0) is 14.6.